The number of ether oxygens (including phenoxy) is 1. The normalized spacial score (nSPS) is 38.8. The summed E-state index contributed by atoms with van der Waals surface area (Å²) in [6, 6.07) is 9.71. The highest BCUT2D eigenvalue weighted by Crippen LogP contribution is 2.57. The molecule has 4 nitrogen and oxygen atoms in total. The van der Waals surface area contributed by atoms with Gasteiger partial charge >= 0.3 is 6.09 Å². The fraction of sp³-hybridized carbons (Fsp3) is 0.611. The van der Waals surface area contributed by atoms with Crippen LogP contribution in [0.2, 0.25) is 0 Å². The van der Waals surface area contributed by atoms with Crippen LogP contribution in [0.3, 0.4) is 0 Å². The van der Waals surface area contributed by atoms with E-state index in [4.69, 9.17) is 4.74 Å². The highest BCUT2D eigenvalue weighted by Gasteiger charge is 2.57. The predicted molar refractivity (Wildman–Crippen MR) is 82.1 cm³/mol. The second-order valence-corrected chi connectivity index (χ2v) is 7.65. The van der Waals surface area contributed by atoms with Gasteiger partial charge in [-0.15, -0.1) is 0 Å². The van der Waals surface area contributed by atoms with Crippen LogP contribution in [0.1, 0.15) is 44.1 Å². The molecule has 4 heteroatoms. The zero-order chi connectivity index (χ0) is 15.2. The zero-order valence-corrected chi connectivity index (χ0v) is 12.8. The molecule has 22 heavy (non-hydrogen) atoms. The summed E-state index contributed by atoms with van der Waals surface area (Å²) in [6.07, 6.45) is 5.35. The van der Waals surface area contributed by atoms with Crippen molar-refractivity contribution in [3.8, 4) is 0 Å². The maximum Gasteiger partial charge on any atom is 0.407 e. The van der Waals surface area contributed by atoms with E-state index in [0.717, 1.165) is 31.2 Å². The standard InChI is InChI=1S/C18H23NO3/c20-16(22-11-13-4-2-1-3-5-13)19-17-7-14-6-15(8-17)10-18(21,9-14)12-17/h1-5,14-15,21H,6-12H2,(H,19,20)/t14-,15+,17?,18?. The van der Waals surface area contributed by atoms with Crippen molar-refractivity contribution < 1.29 is 14.6 Å². The van der Waals surface area contributed by atoms with E-state index in [0.29, 0.717) is 24.9 Å². The van der Waals surface area contributed by atoms with Crippen molar-refractivity contribution in [1.29, 1.82) is 0 Å². The number of aliphatic hydroxyl groups is 1. The van der Waals surface area contributed by atoms with Crippen molar-refractivity contribution in [1.82, 2.24) is 5.32 Å². The number of hydrogen-bond donors (Lipinski definition) is 2. The van der Waals surface area contributed by atoms with Gasteiger partial charge in [-0.1, -0.05) is 30.3 Å². The molecule has 4 fully saturated rings. The summed E-state index contributed by atoms with van der Waals surface area (Å²) >= 11 is 0. The molecule has 2 unspecified atom stereocenters. The molecule has 4 atom stereocenters. The van der Waals surface area contributed by atoms with Gasteiger partial charge in [0.15, 0.2) is 0 Å². The van der Waals surface area contributed by atoms with E-state index in [1.165, 1.54) is 6.42 Å². The van der Waals surface area contributed by atoms with Crippen LogP contribution in [-0.2, 0) is 11.3 Å². The lowest BCUT2D eigenvalue weighted by Crippen LogP contribution is -2.65. The van der Waals surface area contributed by atoms with E-state index < -0.39 is 5.60 Å². The van der Waals surface area contributed by atoms with Crippen molar-refractivity contribution in [2.24, 2.45) is 11.8 Å². The van der Waals surface area contributed by atoms with Gasteiger partial charge in [0.25, 0.3) is 0 Å². The van der Waals surface area contributed by atoms with E-state index in [1.807, 2.05) is 30.3 Å². The summed E-state index contributed by atoms with van der Waals surface area (Å²) < 4.78 is 5.37. The van der Waals surface area contributed by atoms with E-state index in [-0.39, 0.29) is 11.6 Å². The molecule has 1 aromatic rings. The molecule has 0 radical (unpaired) electrons. The molecule has 4 aliphatic carbocycles. The number of nitrogens with one attached hydrogen (secondary N) is 1. The van der Waals surface area contributed by atoms with Crippen molar-refractivity contribution in [2.75, 3.05) is 0 Å². The van der Waals surface area contributed by atoms with Crippen LogP contribution in [0.15, 0.2) is 30.3 Å². The first kappa shape index (κ1) is 14.1. The molecule has 4 aliphatic rings. The first-order chi connectivity index (χ1) is 10.5. The summed E-state index contributed by atoms with van der Waals surface area (Å²) in [7, 11) is 0. The molecule has 0 saturated heterocycles. The van der Waals surface area contributed by atoms with Gasteiger partial charge in [-0.3, -0.25) is 0 Å². The summed E-state index contributed by atoms with van der Waals surface area (Å²) in [5.41, 5.74) is 0.186. The van der Waals surface area contributed by atoms with Gasteiger partial charge in [0.2, 0.25) is 0 Å². The molecule has 0 aliphatic heterocycles. The SMILES string of the molecule is O=C(NC12C[C@@H]3C[C@@H](CC(O)(C3)C1)C2)OCc1ccccc1. The molecule has 2 N–H and O–H groups in total. The zero-order valence-electron chi connectivity index (χ0n) is 12.8. The molecule has 5 rings (SSSR count). The number of hydrogen-bond acceptors (Lipinski definition) is 3. The number of carbonyl (C=O) groups excluding carboxylic acids is 1. The molecule has 1 amide bonds. The number of carbonyl (C=O) groups is 1. The van der Waals surface area contributed by atoms with Gasteiger partial charge in [-0.25, -0.2) is 4.79 Å². The van der Waals surface area contributed by atoms with Crippen molar-refractivity contribution in [3.05, 3.63) is 35.9 Å². The lowest BCUT2D eigenvalue weighted by atomic mass is 9.51. The minimum Gasteiger partial charge on any atom is -0.445 e. The van der Waals surface area contributed by atoms with Crippen LogP contribution in [0.5, 0.6) is 0 Å². The molecule has 0 aromatic heterocycles. The number of benzene rings is 1. The Balaban J connectivity index is 1.39. The number of amides is 1. The Morgan fingerprint density at radius 3 is 2.50 bits per heavy atom. The van der Waals surface area contributed by atoms with E-state index in [2.05, 4.69) is 5.32 Å². The van der Waals surface area contributed by atoms with Gasteiger partial charge in [-0.2, -0.15) is 0 Å². The van der Waals surface area contributed by atoms with Crippen molar-refractivity contribution in [3.63, 3.8) is 0 Å². The molecule has 4 saturated carbocycles. The predicted octanol–water partition coefficient (Wildman–Crippen LogP) is 3.00. The second-order valence-electron chi connectivity index (χ2n) is 7.65. The number of alkyl carbamates (subject to hydrolysis) is 1. The van der Waals surface area contributed by atoms with Gasteiger partial charge in [0.1, 0.15) is 6.61 Å². The Labute approximate surface area is 130 Å². The Bertz CT molecular complexity index is 557. The lowest BCUT2D eigenvalue weighted by Gasteiger charge is -2.60. The van der Waals surface area contributed by atoms with Crippen LogP contribution in [-0.4, -0.2) is 22.3 Å². The molecule has 118 valence electrons. The largest absolute Gasteiger partial charge is 0.445 e. The molecular formula is C18H23NO3. The van der Waals surface area contributed by atoms with Gasteiger partial charge < -0.3 is 15.2 Å². The first-order valence-electron chi connectivity index (χ1n) is 8.26. The summed E-state index contributed by atoms with van der Waals surface area (Å²) in [5.74, 6) is 1.11. The molecule has 4 bridgehead atoms. The average Bonchev–Trinajstić information content (AvgIpc) is 2.43. The van der Waals surface area contributed by atoms with Gasteiger partial charge in [-0.05, 0) is 55.9 Å². The number of rotatable bonds is 3. The van der Waals surface area contributed by atoms with Crippen LogP contribution in [0.25, 0.3) is 0 Å². The third-order valence-electron chi connectivity index (χ3n) is 5.61. The molecule has 1 aromatic carbocycles. The Morgan fingerprint density at radius 1 is 1.18 bits per heavy atom. The van der Waals surface area contributed by atoms with Crippen LogP contribution in [0.4, 0.5) is 4.79 Å². The van der Waals surface area contributed by atoms with Gasteiger partial charge in [0, 0.05) is 5.54 Å². The van der Waals surface area contributed by atoms with E-state index >= 15 is 0 Å². The molecule has 0 spiro atoms. The van der Waals surface area contributed by atoms with Crippen LogP contribution < -0.4 is 5.32 Å². The Kier molecular flexibility index (Phi) is 3.19. The van der Waals surface area contributed by atoms with Gasteiger partial charge in [0.05, 0.1) is 5.60 Å². The summed E-state index contributed by atoms with van der Waals surface area (Å²) in [4.78, 5) is 12.2. The fourth-order valence-electron chi connectivity index (χ4n) is 5.34. The average molecular weight is 301 g/mol. The summed E-state index contributed by atoms with van der Waals surface area (Å²) in [6.45, 7) is 0.292. The Morgan fingerprint density at radius 2 is 1.86 bits per heavy atom. The van der Waals surface area contributed by atoms with Crippen molar-refractivity contribution >= 4 is 6.09 Å². The fourth-order valence-corrected chi connectivity index (χ4v) is 5.34. The minimum atomic E-state index is -0.559. The maximum absolute atomic E-state index is 12.2. The highest BCUT2D eigenvalue weighted by molar-refractivity contribution is 5.68. The maximum atomic E-state index is 12.2. The second kappa shape index (κ2) is 4.98. The summed E-state index contributed by atoms with van der Waals surface area (Å²) in [5, 5.41) is 13.8. The highest BCUT2D eigenvalue weighted by atomic mass is 16.5. The van der Waals surface area contributed by atoms with Crippen LogP contribution >= 0.6 is 0 Å². The van der Waals surface area contributed by atoms with E-state index in [9.17, 15) is 9.90 Å². The third kappa shape index (κ3) is 2.60. The lowest BCUT2D eigenvalue weighted by molar-refractivity contribution is -0.140. The monoisotopic (exact) mass is 301 g/mol. The topological polar surface area (TPSA) is 58.6 Å². The molecule has 0 heterocycles. The minimum absolute atomic E-state index is 0.243. The first-order valence-corrected chi connectivity index (χ1v) is 8.26. The van der Waals surface area contributed by atoms with Crippen molar-refractivity contribution in [2.45, 2.75) is 56.3 Å². The van der Waals surface area contributed by atoms with Crippen LogP contribution in [0, 0.1) is 11.8 Å². The Hall–Kier alpha value is -1.55. The smallest absolute Gasteiger partial charge is 0.407 e. The third-order valence-corrected chi connectivity index (χ3v) is 5.61. The van der Waals surface area contributed by atoms with E-state index in [1.54, 1.807) is 0 Å². The quantitative estimate of drug-likeness (QED) is 0.902. The molecular weight excluding hydrogens is 278 g/mol.